The Balaban J connectivity index is 1.56. The van der Waals surface area contributed by atoms with Crippen molar-refractivity contribution in [3.63, 3.8) is 0 Å². The Hall–Kier alpha value is -2.38. The summed E-state index contributed by atoms with van der Waals surface area (Å²) in [5, 5.41) is 5.77. The van der Waals surface area contributed by atoms with Crippen molar-refractivity contribution in [2.24, 2.45) is 0 Å². The summed E-state index contributed by atoms with van der Waals surface area (Å²) in [5.41, 5.74) is 2.58. The highest BCUT2D eigenvalue weighted by atomic mass is 32.2. The molecule has 27 heavy (non-hydrogen) atoms. The number of hydrogen-bond donors (Lipinski definition) is 2. The van der Waals surface area contributed by atoms with Crippen LogP contribution in [0.2, 0.25) is 0 Å². The van der Waals surface area contributed by atoms with Gasteiger partial charge in [-0.15, -0.1) is 0 Å². The molecule has 0 unspecified atom stereocenters. The van der Waals surface area contributed by atoms with Crippen LogP contribution in [0.1, 0.15) is 17.5 Å². The molecule has 144 valence electrons. The van der Waals surface area contributed by atoms with Gasteiger partial charge in [-0.3, -0.25) is 4.90 Å². The first-order chi connectivity index (χ1) is 12.8. The summed E-state index contributed by atoms with van der Waals surface area (Å²) in [5.74, 6) is 0. The van der Waals surface area contributed by atoms with Gasteiger partial charge in [0.1, 0.15) is 0 Å². The normalized spacial score (nSPS) is 17.6. The van der Waals surface area contributed by atoms with Crippen molar-refractivity contribution in [1.82, 2.24) is 10.2 Å². The molecule has 0 saturated carbocycles. The van der Waals surface area contributed by atoms with E-state index in [2.05, 4.69) is 27.7 Å². The lowest BCUT2D eigenvalue weighted by atomic mass is 10.2. The van der Waals surface area contributed by atoms with E-state index in [1.54, 1.807) is 12.1 Å². The first kappa shape index (κ1) is 19.4. The number of sulfone groups is 1. The first-order valence-electron chi connectivity index (χ1n) is 8.96. The highest BCUT2D eigenvalue weighted by Gasteiger charge is 2.24. The smallest absolute Gasteiger partial charge is 0.319 e. The fraction of sp³-hybridized carbons (Fsp3) is 0.350. The number of carbonyl (C=O) groups excluding carboxylic acids is 1. The Bertz CT molecular complexity index is 913. The molecular formula is C20H25N3O3S. The Morgan fingerprint density at radius 3 is 2.63 bits per heavy atom. The largest absolute Gasteiger partial charge is 0.334 e. The molecule has 3 rings (SSSR count). The molecule has 0 radical (unpaired) electrons. The zero-order valence-electron chi connectivity index (χ0n) is 15.6. The number of nitrogens with zero attached hydrogens (tertiary/aromatic N) is 1. The molecule has 0 spiro atoms. The highest BCUT2D eigenvalue weighted by Crippen LogP contribution is 2.20. The minimum absolute atomic E-state index is 0.0760. The van der Waals surface area contributed by atoms with Crippen LogP contribution in [0.5, 0.6) is 0 Å². The van der Waals surface area contributed by atoms with Gasteiger partial charge in [-0.05, 0) is 36.6 Å². The summed E-state index contributed by atoms with van der Waals surface area (Å²) in [4.78, 5) is 14.9. The number of benzene rings is 2. The number of amides is 2. The van der Waals surface area contributed by atoms with E-state index in [9.17, 15) is 13.2 Å². The van der Waals surface area contributed by atoms with Crippen molar-refractivity contribution in [1.29, 1.82) is 0 Å². The third kappa shape index (κ3) is 5.30. The number of aryl methyl sites for hydroxylation is 1. The molecule has 1 heterocycles. The van der Waals surface area contributed by atoms with Crippen molar-refractivity contribution in [2.75, 3.05) is 24.7 Å². The van der Waals surface area contributed by atoms with Crippen LogP contribution in [-0.2, 0) is 16.4 Å². The van der Waals surface area contributed by atoms with E-state index in [4.69, 9.17) is 0 Å². The number of carbonyl (C=O) groups is 1. The Morgan fingerprint density at radius 2 is 1.93 bits per heavy atom. The first-order valence-corrected chi connectivity index (χ1v) is 10.8. The fourth-order valence-electron chi connectivity index (χ4n) is 3.25. The molecule has 2 amide bonds. The Morgan fingerprint density at radius 1 is 1.19 bits per heavy atom. The summed E-state index contributed by atoms with van der Waals surface area (Å²) >= 11 is 0. The van der Waals surface area contributed by atoms with Crippen LogP contribution in [0.25, 0.3) is 0 Å². The van der Waals surface area contributed by atoms with Crippen LogP contribution in [0.15, 0.2) is 53.4 Å². The van der Waals surface area contributed by atoms with Crippen molar-refractivity contribution < 1.29 is 13.2 Å². The van der Waals surface area contributed by atoms with E-state index in [0.29, 0.717) is 5.69 Å². The zero-order valence-corrected chi connectivity index (χ0v) is 16.4. The van der Waals surface area contributed by atoms with Crippen LogP contribution < -0.4 is 10.6 Å². The topological polar surface area (TPSA) is 78.5 Å². The molecule has 0 aromatic heterocycles. The van der Waals surface area contributed by atoms with E-state index in [1.165, 1.54) is 11.6 Å². The average Bonchev–Trinajstić information content (AvgIpc) is 3.03. The maximum Gasteiger partial charge on any atom is 0.319 e. The minimum Gasteiger partial charge on any atom is -0.334 e. The lowest BCUT2D eigenvalue weighted by Gasteiger charge is -2.17. The highest BCUT2D eigenvalue weighted by molar-refractivity contribution is 7.90. The van der Waals surface area contributed by atoms with Crippen molar-refractivity contribution in [2.45, 2.75) is 30.8 Å². The number of anilines is 1. The van der Waals surface area contributed by atoms with Crippen LogP contribution >= 0.6 is 0 Å². The van der Waals surface area contributed by atoms with E-state index in [-0.39, 0.29) is 17.0 Å². The summed E-state index contributed by atoms with van der Waals surface area (Å²) in [6.45, 7) is 4.43. The van der Waals surface area contributed by atoms with Gasteiger partial charge < -0.3 is 10.6 Å². The van der Waals surface area contributed by atoms with E-state index < -0.39 is 9.84 Å². The fourth-order valence-corrected chi connectivity index (χ4v) is 3.89. The molecule has 6 nitrogen and oxygen atoms in total. The predicted octanol–water partition coefficient (Wildman–Crippen LogP) is 2.79. The van der Waals surface area contributed by atoms with Crippen LogP contribution in [-0.4, -0.2) is 44.7 Å². The molecule has 0 bridgehead atoms. The lowest BCUT2D eigenvalue weighted by molar-refractivity contribution is 0.247. The van der Waals surface area contributed by atoms with Gasteiger partial charge in [0, 0.05) is 37.6 Å². The number of nitrogens with one attached hydrogen (secondary N) is 2. The number of likely N-dealkylation sites (tertiary alicyclic amines) is 1. The third-order valence-electron chi connectivity index (χ3n) is 4.74. The molecule has 0 aliphatic carbocycles. The molecule has 2 aromatic carbocycles. The maximum absolute atomic E-state index is 12.4. The molecular weight excluding hydrogens is 362 g/mol. The van der Waals surface area contributed by atoms with Crippen molar-refractivity contribution >= 4 is 21.6 Å². The summed E-state index contributed by atoms with van der Waals surface area (Å²) in [7, 11) is -3.32. The summed E-state index contributed by atoms with van der Waals surface area (Å²) in [6.07, 6.45) is 2.05. The summed E-state index contributed by atoms with van der Waals surface area (Å²) < 4.78 is 23.4. The second-order valence-electron chi connectivity index (χ2n) is 7.05. The van der Waals surface area contributed by atoms with Gasteiger partial charge in [0.05, 0.1) is 4.90 Å². The lowest BCUT2D eigenvalue weighted by Crippen LogP contribution is -2.39. The second kappa shape index (κ2) is 8.10. The Kier molecular flexibility index (Phi) is 5.82. The number of hydrogen-bond acceptors (Lipinski definition) is 4. The number of rotatable bonds is 5. The van der Waals surface area contributed by atoms with Crippen LogP contribution in [0.4, 0.5) is 10.5 Å². The molecule has 1 atom stereocenters. The van der Waals surface area contributed by atoms with E-state index in [0.717, 1.165) is 37.9 Å². The molecule has 1 aliphatic rings. The molecule has 2 aromatic rings. The van der Waals surface area contributed by atoms with Gasteiger partial charge in [0.25, 0.3) is 0 Å². The van der Waals surface area contributed by atoms with E-state index in [1.807, 2.05) is 25.1 Å². The minimum atomic E-state index is -3.32. The summed E-state index contributed by atoms with van der Waals surface area (Å²) in [6, 6.07) is 14.8. The molecule has 1 fully saturated rings. The number of urea groups is 1. The molecule has 1 saturated heterocycles. The van der Waals surface area contributed by atoms with Gasteiger partial charge in [0.15, 0.2) is 9.84 Å². The Labute approximate surface area is 160 Å². The standard InChI is InChI=1S/C20H25N3O3S/c1-15-8-9-18(27(2,25)26)12-19(15)22-20(24)21-17-10-11-23(14-17)13-16-6-4-3-5-7-16/h3-9,12,17H,10-11,13-14H2,1-2H3,(H2,21,22,24)/t17-/m1/s1. The molecule has 1 aliphatic heterocycles. The second-order valence-corrected chi connectivity index (χ2v) is 9.07. The van der Waals surface area contributed by atoms with Crippen LogP contribution in [0, 0.1) is 6.92 Å². The zero-order chi connectivity index (χ0) is 19.4. The van der Waals surface area contributed by atoms with Gasteiger partial charge in [-0.1, -0.05) is 36.4 Å². The molecule has 2 N–H and O–H groups in total. The molecule has 7 heteroatoms. The maximum atomic E-state index is 12.4. The van der Waals surface area contributed by atoms with Crippen molar-refractivity contribution in [3.8, 4) is 0 Å². The van der Waals surface area contributed by atoms with Gasteiger partial charge in [-0.25, -0.2) is 13.2 Å². The van der Waals surface area contributed by atoms with Gasteiger partial charge in [0.2, 0.25) is 0 Å². The van der Waals surface area contributed by atoms with Gasteiger partial charge in [-0.2, -0.15) is 0 Å². The quantitative estimate of drug-likeness (QED) is 0.827. The average molecular weight is 388 g/mol. The van der Waals surface area contributed by atoms with Crippen molar-refractivity contribution in [3.05, 3.63) is 59.7 Å². The van der Waals surface area contributed by atoms with E-state index >= 15 is 0 Å². The predicted molar refractivity (Wildman–Crippen MR) is 107 cm³/mol. The third-order valence-corrected chi connectivity index (χ3v) is 5.85. The monoisotopic (exact) mass is 387 g/mol. The van der Waals surface area contributed by atoms with Crippen LogP contribution in [0.3, 0.4) is 0 Å². The SMILES string of the molecule is Cc1ccc(S(C)(=O)=O)cc1NC(=O)N[C@@H]1CCN(Cc2ccccc2)C1. The van der Waals surface area contributed by atoms with Gasteiger partial charge >= 0.3 is 6.03 Å².